The molecule has 1 aliphatic heterocycles. The van der Waals surface area contributed by atoms with Crippen LogP contribution in [0.5, 0.6) is 0 Å². The van der Waals surface area contributed by atoms with Gasteiger partial charge in [-0.1, -0.05) is 20.8 Å². The fraction of sp³-hybridized carbons (Fsp3) is 0.857. The van der Waals surface area contributed by atoms with Crippen LogP contribution < -0.4 is 0 Å². The van der Waals surface area contributed by atoms with Crippen LogP contribution >= 0.6 is 0 Å². The number of hydrogen-bond donors (Lipinski definition) is 1. The maximum absolute atomic E-state index is 12.3. The standard InChI is InChI=1S/C14H26N2O3/c1-5-16-8-6-12(7-9-16)15(4)13(17)10(2)11(3)14(18)19/h10-12H,5-9H2,1-4H3,(H,18,19). The van der Waals surface area contributed by atoms with Gasteiger partial charge < -0.3 is 14.9 Å². The highest BCUT2D eigenvalue weighted by Gasteiger charge is 2.32. The highest BCUT2D eigenvalue weighted by molar-refractivity contribution is 5.84. The van der Waals surface area contributed by atoms with Gasteiger partial charge in [0.25, 0.3) is 0 Å². The van der Waals surface area contributed by atoms with Crippen molar-refractivity contribution in [2.45, 2.75) is 39.7 Å². The largest absolute Gasteiger partial charge is 0.481 e. The van der Waals surface area contributed by atoms with E-state index in [2.05, 4.69) is 11.8 Å². The summed E-state index contributed by atoms with van der Waals surface area (Å²) in [6.45, 7) is 8.53. The van der Waals surface area contributed by atoms with Gasteiger partial charge >= 0.3 is 5.97 Å². The van der Waals surface area contributed by atoms with Gasteiger partial charge in [-0.25, -0.2) is 0 Å². The highest BCUT2D eigenvalue weighted by Crippen LogP contribution is 2.20. The van der Waals surface area contributed by atoms with Crippen molar-refractivity contribution in [3.63, 3.8) is 0 Å². The quantitative estimate of drug-likeness (QED) is 0.817. The van der Waals surface area contributed by atoms with Crippen molar-refractivity contribution in [2.24, 2.45) is 11.8 Å². The lowest BCUT2D eigenvalue weighted by Gasteiger charge is -2.37. The summed E-state index contributed by atoms with van der Waals surface area (Å²) in [5, 5.41) is 8.98. The summed E-state index contributed by atoms with van der Waals surface area (Å²) in [5.74, 6) is -2.06. The first-order valence-electron chi connectivity index (χ1n) is 7.10. The predicted octanol–water partition coefficient (Wildman–Crippen LogP) is 1.29. The van der Waals surface area contributed by atoms with Crippen LogP contribution in [0.15, 0.2) is 0 Å². The van der Waals surface area contributed by atoms with E-state index in [-0.39, 0.29) is 11.9 Å². The number of amides is 1. The Labute approximate surface area is 115 Å². The molecule has 0 bridgehead atoms. The van der Waals surface area contributed by atoms with E-state index >= 15 is 0 Å². The highest BCUT2D eigenvalue weighted by atomic mass is 16.4. The van der Waals surface area contributed by atoms with Gasteiger partial charge in [0, 0.05) is 32.1 Å². The van der Waals surface area contributed by atoms with E-state index in [1.165, 1.54) is 0 Å². The van der Waals surface area contributed by atoms with Gasteiger partial charge in [-0.15, -0.1) is 0 Å². The van der Waals surface area contributed by atoms with E-state index < -0.39 is 17.8 Å². The van der Waals surface area contributed by atoms with E-state index in [1.54, 1.807) is 25.8 Å². The molecule has 110 valence electrons. The second-order valence-electron chi connectivity index (χ2n) is 5.53. The maximum Gasteiger partial charge on any atom is 0.307 e. The molecule has 1 rings (SSSR count). The number of carboxylic acid groups (broad SMARTS) is 1. The van der Waals surface area contributed by atoms with Crippen LogP contribution in [0.4, 0.5) is 0 Å². The number of carbonyl (C=O) groups excluding carboxylic acids is 1. The maximum atomic E-state index is 12.3. The van der Waals surface area contributed by atoms with Gasteiger partial charge in [-0.2, -0.15) is 0 Å². The van der Waals surface area contributed by atoms with Crippen LogP contribution in [0.25, 0.3) is 0 Å². The normalized spacial score (nSPS) is 20.8. The zero-order chi connectivity index (χ0) is 14.6. The lowest BCUT2D eigenvalue weighted by atomic mass is 9.93. The number of nitrogens with zero attached hydrogens (tertiary/aromatic N) is 2. The number of hydrogen-bond acceptors (Lipinski definition) is 3. The molecular weight excluding hydrogens is 244 g/mol. The van der Waals surface area contributed by atoms with Crippen molar-refractivity contribution in [1.82, 2.24) is 9.80 Å². The molecule has 1 amide bonds. The van der Waals surface area contributed by atoms with Crippen LogP contribution in [0.3, 0.4) is 0 Å². The number of rotatable bonds is 5. The molecule has 0 aliphatic carbocycles. The molecule has 2 atom stereocenters. The molecule has 2 unspecified atom stereocenters. The number of likely N-dealkylation sites (tertiary alicyclic amines) is 1. The monoisotopic (exact) mass is 270 g/mol. The van der Waals surface area contributed by atoms with Crippen molar-refractivity contribution in [3.8, 4) is 0 Å². The first-order chi connectivity index (χ1) is 8.88. The van der Waals surface area contributed by atoms with Gasteiger partial charge in [0.15, 0.2) is 0 Å². The Hall–Kier alpha value is -1.10. The molecule has 5 heteroatoms. The Morgan fingerprint density at radius 2 is 1.79 bits per heavy atom. The van der Waals surface area contributed by atoms with Crippen LogP contribution in [-0.2, 0) is 9.59 Å². The molecule has 0 aromatic carbocycles. The zero-order valence-electron chi connectivity index (χ0n) is 12.4. The second kappa shape index (κ2) is 6.89. The predicted molar refractivity (Wildman–Crippen MR) is 73.9 cm³/mol. The van der Waals surface area contributed by atoms with Crippen molar-refractivity contribution >= 4 is 11.9 Å². The number of piperidine rings is 1. The third-order valence-corrected chi connectivity index (χ3v) is 4.43. The second-order valence-corrected chi connectivity index (χ2v) is 5.53. The fourth-order valence-corrected chi connectivity index (χ4v) is 2.55. The molecule has 1 fully saturated rings. The topological polar surface area (TPSA) is 60.9 Å². The molecule has 5 nitrogen and oxygen atoms in total. The van der Waals surface area contributed by atoms with Gasteiger partial charge in [0.05, 0.1) is 5.92 Å². The molecule has 1 N–H and O–H groups in total. The van der Waals surface area contributed by atoms with E-state index in [9.17, 15) is 9.59 Å². The molecular formula is C14H26N2O3. The van der Waals surface area contributed by atoms with Crippen LogP contribution in [0.1, 0.15) is 33.6 Å². The van der Waals surface area contributed by atoms with Gasteiger partial charge in [0.2, 0.25) is 5.91 Å². The Morgan fingerprint density at radius 1 is 1.26 bits per heavy atom. The Bertz CT molecular complexity index is 325. The van der Waals surface area contributed by atoms with E-state index in [1.807, 2.05) is 0 Å². The summed E-state index contributed by atoms with van der Waals surface area (Å²) in [5.41, 5.74) is 0. The molecule has 1 heterocycles. The molecule has 1 aliphatic rings. The first-order valence-corrected chi connectivity index (χ1v) is 7.10. The van der Waals surface area contributed by atoms with Crippen LogP contribution in [0.2, 0.25) is 0 Å². The fourth-order valence-electron chi connectivity index (χ4n) is 2.55. The molecule has 0 saturated carbocycles. The summed E-state index contributed by atoms with van der Waals surface area (Å²) < 4.78 is 0. The third kappa shape index (κ3) is 3.93. The molecule has 0 spiro atoms. The lowest BCUT2D eigenvalue weighted by Crippen LogP contribution is -2.48. The number of aliphatic carboxylic acids is 1. The molecule has 0 aromatic rings. The summed E-state index contributed by atoms with van der Waals surface area (Å²) in [4.78, 5) is 27.4. The molecule has 0 aromatic heterocycles. The summed E-state index contributed by atoms with van der Waals surface area (Å²) in [6.07, 6.45) is 1.95. The number of carboxylic acids is 1. The zero-order valence-corrected chi connectivity index (χ0v) is 12.4. The number of carbonyl (C=O) groups is 2. The average molecular weight is 270 g/mol. The Morgan fingerprint density at radius 3 is 2.21 bits per heavy atom. The summed E-state index contributed by atoms with van der Waals surface area (Å²) >= 11 is 0. The van der Waals surface area contributed by atoms with Crippen molar-refractivity contribution in [1.29, 1.82) is 0 Å². The van der Waals surface area contributed by atoms with Gasteiger partial charge in [0.1, 0.15) is 0 Å². The Kier molecular flexibility index (Phi) is 5.79. The average Bonchev–Trinajstić information content (AvgIpc) is 2.44. The van der Waals surface area contributed by atoms with Gasteiger partial charge in [-0.05, 0) is 19.4 Å². The van der Waals surface area contributed by atoms with E-state index in [0.717, 1.165) is 32.5 Å². The molecule has 0 radical (unpaired) electrons. The minimum absolute atomic E-state index is 0.0511. The van der Waals surface area contributed by atoms with E-state index in [4.69, 9.17) is 5.11 Å². The van der Waals surface area contributed by atoms with Gasteiger partial charge in [-0.3, -0.25) is 9.59 Å². The minimum atomic E-state index is -0.907. The van der Waals surface area contributed by atoms with Crippen molar-refractivity contribution in [3.05, 3.63) is 0 Å². The Balaban J connectivity index is 2.55. The summed E-state index contributed by atoms with van der Waals surface area (Å²) in [7, 11) is 1.81. The minimum Gasteiger partial charge on any atom is -0.481 e. The SMILES string of the molecule is CCN1CCC(N(C)C(=O)C(C)C(C)C(=O)O)CC1. The lowest BCUT2D eigenvalue weighted by molar-refractivity contribution is -0.149. The smallest absolute Gasteiger partial charge is 0.307 e. The molecule has 1 saturated heterocycles. The third-order valence-electron chi connectivity index (χ3n) is 4.43. The van der Waals surface area contributed by atoms with E-state index in [0.29, 0.717) is 0 Å². The first kappa shape index (κ1) is 16.0. The van der Waals surface area contributed by atoms with Crippen LogP contribution in [-0.4, -0.2) is 59.5 Å². The van der Waals surface area contributed by atoms with Crippen LogP contribution in [0, 0.1) is 11.8 Å². The van der Waals surface area contributed by atoms with Crippen molar-refractivity contribution < 1.29 is 14.7 Å². The molecule has 19 heavy (non-hydrogen) atoms. The summed E-state index contributed by atoms with van der Waals surface area (Å²) in [6, 6.07) is 0.249. The van der Waals surface area contributed by atoms with Crippen molar-refractivity contribution in [2.75, 3.05) is 26.7 Å².